The third-order valence-electron chi connectivity index (χ3n) is 4.38. The third-order valence-corrected chi connectivity index (χ3v) is 4.38. The van der Waals surface area contributed by atoms with Crippen molar-refractivity contribution >= 4 is 11.5 Å². The Kier molecular flexibility index (Phi) is 5.51. The SMILES string of the molecule is COc1cnc(-c2cc(OC)n(Cc3ccccc3F)n2)nc1Nc1ccncc1. The maximum Gasteiger partial charge on any atom is 0.212 e. The van der Waals surface area contributed by atoms with E-state index in [4.69, 9.17) is 9.47 Å². The highest BCUT2D eigenvalue weighted by molar-refractivity contribution is 5.64. The second kappa shape index (κ2) is 8.56. The number of methoxy groups -OCH3 is 2. The number of rotatable bonds is 7. The molecule has 0 aliphatic heterocycles. The van der Waals surface area contributed by atoms with Crippen LogP contribution in [0.5, 0.6) is 11.6 Å². The standard InChI is InChI=1S/C21H19FN6O2/c1-29-18-12-24-20(26-21(18)25-15-7-9-23-10-8-15)17-11-19(30-2)28(27-17)13-14-5-3-4-6-16(14)22/h3-12H,13H2,1-2H3,(H,23,24,25,26). The molecule has 3 heterocycles. The van der Waals surface area contributed by atoms with Crippen LogP contribution in [0.2, 0.25) is 0 Å². The van der Waals surface area contributed by atoms with E-state index >= 15 is 0 Å². The van der Waals surface area contributed by atoms with Crippen LogP contribution in [-0.4, -0.2) is 39.0 Å². The molecule has 0 bridgehead atoms. The van der Waals surface area contributed by atoms with E-state index in [1.165, 1.54) is 13.2 Å². The normalized spacial score (nSPS) is 10.6. The Bertz CT molecular complexity index is 1150. The molecule has 0 saturated carbocycles. The van der Waals surface area contributed by atoms with Crippen LogP contribution in [-0.2, 0) is 6.54 Å². The van der Waals surface area contributed by atoms with E-state index in [1.807, 2.05) is 12.1 Å². The lowest BCUT2D eigenvalue weighted by Gasteiger charge is -2.10. The molecule has 1 aromatic carbocycles. The molecule has 0 radical (unpaired) electrons. The molecule has 0 amide bonds. The minimum atomic E-state index is -0.305. The number of benzene rings is 1. The summed E-state index contributed by atoms with van der Waals surface area (Å²) in [7, 11) is 3.08. The summed E-state index contributed by atoms with van der Waals surface area (Å²) in [5.74, 6) is 1.50. The number of hydrogen-bond acceptors (Lipinski definition) is 7. The molecule has 1 N–H and O–H groups in total. The molecule has 30 heavy (non-hydrogen) atoms. The van der Waals surface area contributed by atoms with Crippen LogP contribution in [0.3, 0.4) is 0 Å². The quantitative estimate of drug-likeness (QED) is 0.501. The zero-order chi connectivity index (χ0) is 20.9. The zero-order valence-electron chi connectivity index (χ0n) is 16.4. The number of hydrogen-bond donors (Lipinski definition) is 1. The van der Waals surface area contributed by atoms with Crippen LogP contribution in [0.1, 0.15) is 5.56 Å². The molecule has 4 aromatic rings. The molecule has 9 heteroatoms. The molecule has 3 aromatic heterocycles. The summed E-state index contributed by atoms with van der Waals surface area (Å²) in [6.07, 6.45) is 4.91. The van der Waals surface area contributed by atoms with Gasteiger partial charge in [0.2, 0.25) is 5.88 Å². The fraction of sp³-hybridized carbons (Fsp3) is 0.143. The molecule has 0 spiro atoms. The second-order valence-electron chi connectivity index (χ2n) is 6.29. The van der Waals surface area contributed by atoms with Gasteiger partial charge in [-0.1, -0.05) is 18.2 Å². The molecule has 0 saturated heterocycles. The third kappa shape index (κ3) is 4.04. The number of nitrogens with zero attached hydrogens (tertiary/aromatic N) is 5. The summed E-state index contributed by atoms with van der Waals surface area (Å²) in [5, 5.41) is 7.70. The average Bonchev–Trinajstić information content (AvgIpc) is 3.19. The molecular weight excluding hydrogens is 387 g/mol. The highest BCUT2D eigenvalue weighted by Gasteiger charge is 2.16. The smallest absolute Gasteiger partial charge is 0.212 e. The monoisotopic (exact) mass is 406 g/mol. The van der Waals surface area contributed by atoms with Gasteiger partial charge in [-0.2, -0.15) is 5.10 Å². The van der Waals surface area contributed by atoms with Crippen molar-refractivity contribution in [2.45, 2.75) is 6.54 Å². The van der Waals surface area contributed by atoms with Crippen LogP contribution in [0.15, 0.2) is 61.1 Å². The molecule has 0 aliphatic rings. The highest BCUT2D eigenvalue weighted by Crippen LogP contribution is 2.28. The summed E-state index contributed by atoms with van der Waals surface area (Å²) < 4.78 is 26.4. The molecule has 0 unspecified atom stereocenters. The van der Waals surface area contributed by atoms with Crippen molar-refractivity contribution in [2.24, 2.45) is 0 Å². The van der Waals surface area contributed by atoms with Crippen LogP contribution in [0.25, 0.3) is 11.5 Å². The van der Waals surface area contributed by atoms with Crippen molar-refractivity contribution in [3.8, 4) is 23.1 Å². The van der Waals surface area contributed by atoms with E-state index in [2.05, 4.69) is 25.4 Å². The zero-order valence-corrected chi connectivity index (χ0v) is 16.4. The van der Waals surface area contributed by atoms with Gasteiger partial charge < -0.3 is 14.8 Å². The molecule has 0 fully saturated rings. The van der Waals surface area contributed by atoms with Crippen molar-refractivity contribution in [1.82, 2.24) is 24.7 Å². The van der Waals surface area contributed by atoms with Gasteiger partial charge in [0.25, 0.3) is 0 Å². The lowest BCUT2D eigenvalue weighted by atomic mass is 10.2. The van der Waals surface area contributed by atoms with Gasteiger partial charge >= 0.3 is 0 Å². The van der Waals surface area contributed by atoms with E-state index in [-0.39, 0.29) is 12.4 Å². The van der Waals surface area contributed by atoms with Crippen molar-refractivity contribution in [3.05, 3.63) is 72.4 Å². The van der Waals surface area contributed by atoms with Crippen molar-refractivity contribution in [1.29, 1.82) is 0 Å². The van der Waals surface area contributed by atoms with E-state index in [1.54, 1.807) is 54.6 Å². The van der Waals surface area contributed by atoms with Gasteiger partial charge in [0.1, 0.15) is 11.5 Å². The van der Waals surface area contributed by atoms with Crippen LogP contribution >= 0.6 is 0 Å². The number of anilines is 2. The lowest BCUT2D eigenvalue weighted by molar-refractivity contribution is 0.365. The Balaban J connectivity index is 1.67. The summed E-state index contributed by atoms with van der Waals surface area (Å²) in [5.41, 5.74) is 1.79. The van der Waals surface area contributed by atoms with E-state index in [0.717, 1.165) is 5.69 Å². The fourth-order valence-electron chi connectivity index (χ4n) is 2.88. The number of pyridine rings is 1. The summed E-state index contributed by atoms with van der Waals surface area (Å²) in [6.45, 7) is 0.216. The Hall–Kier alpha value is -4.01. The summed E-state index contributed by atoms with van der Waals surface area (Å²) >= 11 is 0. The lowest BCUT2D eigenvalue weighted by Crippen LogP contribution is -2.06. The van der Waals surface area contributed by atoms with Crippen molar-refractivity contribution in [3.63, 3.8) is 0 Å². The maximum absolute atomic E-state index is 14.1. The van der Waals surface area contributed by atoms with E-state index in [0.29, 0.717) is 34.5 Å². The van der Waals surface area contributed by atoms with Gasteiger partial charge in [-0.3, -0.25) is 4.98 Å². The first-order valence-corrected chi connectivity index (χ1v) is 9.11. The molecule has 0 atom stereocenters. The summed E-state index contributed by atoms with van der Waals surface area (Å²) in [6, 6.07) is 11.9. The maximum atomic E-state index is 14.1. The molecule has 0 aliphatic carbocycles. The van der Waals surface area contributed by atoms with Gasteiger partial charge in [0.05, 0.1) is 27.0 Å². The predicted octanol–water partition coefficient (Wildman–Crippen LogP) is 3.68. The Morgan fingerprint density at radius 1 is 1.07 bits per heavy atom. The number of ether oxygens (including phenoxy) is 2. The van der Waals surface area contributed by atoms with Gasteiger partial charge in [-0.05, 0) is 18.2 Å². The first-order valence-electron chi connectivity index (χ1n) is 9.11. The van der Waals surface area contributed by atoms with Crippen molar-refractivity contribution < 1.29 is 13.9 Å². The van der Waals surface area contributed by atoms with Gasteiger partial charge in [-0.25, -0.2) is 19.0 Å². The number of nitrogens with one attached hydrogen (secondary N) is 1. The summed E-state index contributed by atoms with van der Waals surface area (Å²) in [4.78, 5) is 12.9. The number of aromatic nitrogens is 5. The highest BCUT2D eigenvalue weighted by atomic mass is 19.1. The van der Waals surface area contributed by atoms with E-state index in [9.17, 15) is 4.39 Å². The van der Waals surface area contributed by atoms with Crippen molar-refractivity contribution in [2.75, 3.05) is 19.5 Å². The Morgan fingerprint density at radius 3 is 2.60 bits per heavy atom. The average molecular weight is 406 g/mol. The molecule has 8 nitrogen and oxygen atoms in total. The van der Waals surface area contributed by atoms with Gasteiger partial charge in [0.15, 0.2) is 17.4 Å². The molecular formula is C21H19FN6O2. The Labute approximate surface area is 172 Å². The topological polar surface area (TPSA) is 87.0 Å². The minimum Gasteiger partial charge on any atom is -0.491 e. The van der Waals surface area contributed by atoms with Crippen LogP contribution < -0.4 is 14.8 Å². The second-order valence-corrected chi connectivity index (χ2v) is 6.29. The largest absolute Gasteiger partial charge is 0.491 e. The van der Waals surface area contributed by atoms with Gasteiger partial charge in [0, 0.05) is 29.7 Å². The molecule has 4 rings (SSSR count). The number of halogens is 1. The minimum absolute atomic E-state index is 0.216. The Morgan fingerprint density at radius 2 is 1.87 bits per heavy atom. The fourth-order valence-corrected chi connectivity index (χ4v) is 2.88. The van der Waals surface area contributed by atoms with Crippen LogP contribution in [0, 0.1) is 5.82 Å². The first kappa shape index (κ1) is 19.3. The van der Waals surface area contributed by atoms with Gasteiger partial charge in [-0.15, -0.1) is 0 Å². The van der Waals surface area contributed by atoms with Crippen LogP contribution in [0.4, 0.5) is 15.9 Å². The first-order chi connectivity index (χ1) is 14.7. The molecule has 152 valence electrons. The predicted molar refractivity (Wildman–Crippen MR) is 109 cm³/mol. The van der Waals surface area contributed by atoms with E-state index < -0.39 is 0 Å².